The largest absolute Gasteiger partial charge is 0.302 e. The molecule has 0 aliphatic heterocycles. The highest BCUT2D eigenvalue weighted by molar-refractivity contribution is 7.20. The second-order valence-corrected chi connectivity index (χ2v) is 15.6. The molecule has 0 unspecified atom stereocenters. The first kappa shape index (κ1) is 32.8. The van der Waals surface area contributed by atoms with Gasteiger partial charge in [-0.25, -0.2) is 0 Å². The van der Waals surface area contributed by atoms with Crippen molar-refractivity contribution in [2.24, 2.45) is 0 Å². The van der Waals surface area contributed by atoms with E-state index in [4.69, 9.17) is 0 Å². The lowest BCUT2D eigenvalue weighted by atomic mass is 10.1. The van der Waals surface area contributed by atoms with E-state index in [1.807, 2.05) is 47.5 Å². The molecule has 0 aliphatic rings. The SMILES string of the molecule is c1ccc(-c2ccc(-c3ccc(N(c4ccncc4)c4ccc(N(c5ccncc5)c5ccc(-c6ccc(-c7ccccc7)s6)cc5)s4)cc3)s2)cc1. The molecule has 0 aliphatic carbocycles. The molecule has 0 radical (unpaired) electrons. The first-order valence-electron chi connectivity index (χ1n) is 17.3. The highest BCUT2D eigenvalue weighted by Gasteiger charge is 2.20. The third-order valence-corrected chi connectivity index (χ3v) is 12.4. The van der Waals surface area contributed by atoms with Gasteiger partial charge in [0.15, 0.2) is 0 Å². The number of rotatable bonds is 10. The van der Waals surface area contributed by atoms with E-state index in [1.54, 1.807) is 11.3 Å². The van der Waals surface area contributed by atoms with Gasteiger partial charge in [0.1, 0.15) is 10.0 Å². The van der Waals surface area contributed by atoms with E-state index in [-0.39, 0.29) is 0 Å². The third-order valence-electron chi connectivity index (χ3n) is 9.01. The Hall–Kier alpha value is -6.12. The van der Waals surface area contributed by atoms with E-state index >= 15 is 0 Å². The smallest absolute Gasteiger partial charge is 0.102 e. The van der Waals surface area contributed by atoms with Crippen molar-refractivity contribution in [2.45, 2.75) is 0 Å². The normalized spacial score (nSPS) is 11.0. The quantitative estimate of drug-likeness (QED) is 0.140. The molecule has 0 saturated heterocycles. The Morgan fingerprint density at radius 2 is 0.604 bits per heavy atom. The molecule has 5 aromatic heterocycles. The molecule has 5 heterocycles. The topological polar surface area (TPSA) is 32.3 Å². The number of hydrogen-bond acceptors (Lipinski definition) is 7. The molecule has 7 heteroatoms. The summed E-state index contributed by atoms with van der Waals surface area (Å²) in [4.78, 5) is 18.3. The van der Waals surface area contributed by atoms with Crippen LogP contribution in [0.1, 0.15) is 0 Å². The van der Waals surface area contributed by atoms with Gasteiger partial charge in [-0.05, 0) is 107 Å². The minimum Gasteiger partial charge on any atom is -0.302 e. The highest BCUT2D eigenvalue weighted by Crippen LogP contribution is 2.46. The predicted octanol–water partition coefficient (Wildman–Crippen LogP) is 14.3. The molecule has 9 rings (SSSR count). The summed E-state index contributed by atoms with van der Waals surface area (Å²) in [5, 5.41) is 2.20. The van der Waals surface area contributed by atoms with Crippen molar-refractivity contribution < 1.29 is 0 Å². The first-order chi connectivity index (χ1) is 26.3. The Balaban J connectivity index is 1.03. The number of aromatic nitrogens is 2. The standard InChI is InChI=1S/C46H32N4S3/c1-3-7-33(8-4-1)41-19-21-43(51-41)35-11-15-37(16-12-35)49(39-25-29-47-30-26-39)45-23-24-46(53-45)50(40-27-31-48-32-28-40)38-17-13-36(14-18-38)44-22-20-42(52-44)34-9-5-2-6-10-34/h1-32H. The van der Waals surface area contributed by atoms with Crippen molar-refractivity contribution in [2.75, 3.05) is 9.80 Å². The molecule has 0 bridgehead atoms. The summed E-state index contributed by atoms with van der Waals surface area (Å²) < 4.78 is 0. The van der Waals surface area contributed by atoms with Crippen LogP contribution in [0.25, 0.3) is 41.8 Å². The van der Waals surface area contributed by atoms with Gasteiger partial charge in [0, 0.05) is 67.0 Å². The maximum absolute atomic E-state index is 4.32. The Bertz CT molecular complexity index is 2360. The number of nitrogens with zero attached hydrogens (tertiary/aromatic N) is 4. The van der Waals surface area contributed by atoms with Crippen LogP contribution in [0.5, 0.6) is 0 Å². The molecule has 4 aromatic carbocycles. The van der Waals surface area contributed by atoms with Crippen LogP contribution in [0.15, 0.2) is 195 Å². The van der Waals surface area contributed by atoms with Crippen molar-refractivity contribution in [3.63, 3.8) is 0 Å². The number of benzene rings is 4. The van der Waals surface area contributed by atoms with Gasteiger partial charge < -0.3 is 9.80 Å². The van der Waals surface area contributed by atoms with Gasteiger partial charge in [0.2, 0.25) is 0 Å². The molecule has 9 aromatic rings. The summed E-state index contributed by atoms with van der Waals surface area (Å²) in [5.41, 5.74) is 9.16. The summed E-state index contributed by atoms with van der Waals surface area (Å²) in [6, 6.07) is 60.4. The van der Waals surface area contributed by atoms with Gasteiger partial charge in [0.25, 0.3) is 0 Å². The molecule has 0 fully saturated rings. The monoisotopic (exact) mass is 736 g/mol. The zero-order valence-corrected chi connectivity index (χ0v) is 30.9. The Morgan fingerprint density at radius 1 is 0.283 bits per heavy atom. The summed E-state index contributed by atoms with van der Waals surface area (Å²) in [7, 11) is 0. The lowest BCUT2D eigenvalue weighted by molar-refractivity contribution is 1.26. The van der Waals surface area contributed by atoms with Crippen LogP contribution in [-0.4, -0.2) is 9.97 Å². The number of thiophene rings is 3. The number of hydrogen-bond donors (Lipinski definition) is 0. The molecule has 0 atom stereocenters. The summed E-state index contributed by atoms with van der Waals surface area (Å²) in [6.45, 7) is 0. The molecular weight excluding hydrogens is 705 g/mol. The lowest BCUT2D eigenvalue weighted by Gasteiger charge is -2.25. The maximum Gasteiger partial charge on any atom is 0.102 e. The fourth-order valence-corrected chi connectivity index (χ4v) is 9.53. The maximum atomic E-state index is 4.32. The molecule has 0 saturated carbocycles. The minimum absolute atomic E-state index is 1.05. The van der Waals surface area contributed by atoms with E-state index in [1.165, 1.54) is 41.8 Å². The zero-order valence-electron chi connectivity index (χ0n) is 28.5. The second kappa shape index (κ2) is 14.9. The van der Waals surface area contributed by atoms with Crippen LogP contribution in [0, 0.1) is 0 Å². The predicted molar refractivity (Wildman–Crippen MR) is 227 cm³/mol. The van der Waals surface area contributed by atoms with Gasteiger partial charge in [-0.15, -0.1) is 22.7 Å². The van der Waals surface area contributed by atoms with Crippen LogP contribution in [0.3, 0.4) is 0 Å². The van der Waals surface area contributed by atoms with E-state index < -0.39 is 0 Å². The van der Waals surface area contributed by atoms with E-state index in [0.717, 1.165) is 32.8 Å². The van der Waals surface area contributed by atoms with Crippen LogP contribution in [0.2, 0.25) is 0 Å². The van der Waals surface area contributed by atoms with Crippen molar-refractivity contribution in [1.29, 1.82) is 0 Å². The molecule has 53 heavy (non-hydrogen) atoms. The van der Waals surface area contributed by atoms with Gasteiger partial charge in [-0.3, -0.25) is 9.97 Å². The van der Waals surface area contributed by atoms with Gasteiger partial charge >= 0.3 is 0 Å². The van der Waals surface area contributed by atoms with Crippen molar-refractivity contribution >= 4 is 66.8 Å². The summed E-state index contributed by atoms with van der Waals surface area (Å²) in [6.07, 6.45) is 7.40. The Kier molecular flexibility index (Phi) is 9.18. The van der Waals surface area contributed by atoms with Gasteiger partial charge in [-0.2, -0.15) is 0 Å². The lowest BCUT2D eigenvalue weighted by Crippen LogP contribution is -2.09. The molecule has 254 valence electrons. The van der Waals surface area contributed by atoms with Crippen LogP contribution in [-0.2, 0) is 0 Å². The first-order valence-corrected chi connectivity index (χ1v) is 19.7. The number of pyridine rings is 2. The summed E-state index contributed by atoms with van der Waals surface area (Å²) >= 11 is 5.38. The second-order valence-electron chi connectivity index (χ2n) is 12.3. The zero-order chi connectivity index (χ0) is 35.4. The van der Waals surface area contributed by atoms with E-state index in [2.05, 4.69) is 190 Å². The molecule has 0 N–H and O–H groups in total. The van der Waals surface area contributed by atoms with Gasteiger partial charge in [0.05, 0.1) is 0 Å². The molecule has 0 spiro atoms. The Morgan fingerprint density at radius 3 is 0.962 bits per heavy atom. The average molecular weight is 737 g/mol. The van der Waals surface area contributed by atoms with E-state index in [9.17, 15) is 0 Å². The van der Waals surface area contributed by atoms with Gasteiger partial charge in [-0.1, -0.05) is 96.3 Å². The van der Waals surface area contributed by atoms with Crippen molar-refractivity contribution in [3.8, 4) is 41.8 Å². The average Bonchev–Trinajstić information content (AvgIpc) is 4.03. The summed E-state index contributed by atoms with van der Waals surface area (Å²) in [5.74, 6) is 0. The highest BCUT2D eigenvalue weighted by atomic mass is 32.1. The Labute approximate surface area is 321 Å². The van der Waals surface area contributed by atoms with Crippen LogP contribution >= 0.6 is 34.0 Å². The molecular formula is C46H32N4S3. The fourth-order valence-electron chi connectivity index (χ4n) is 6.40. The molecule has 4 nitrogen and oxygen atoms in total. The van der Waals surface area contributed by atoms with Crippen molar-refractivity contribution in [3.05, 3.63) is 195 Å². The van der Waals surface area contributed by atoms with Crippen molar-refractivity contribution in [1.82, 2.24) is 9.97 Å². The third kappa shape index (κ3) is 6.93. The van der Waals surface area contributed by atoms with Crippen LogP contribution < -0.4 is 9.80 Å². The van der Waals surface area contributed by atoms with Crippen LogP contribution in [0.4, 0.5) is 32.8 Å². The molecule has 0 amide bonds. The number of anilines is 6. The van der Waals surface area contributed by atoms with E-state index in [0.29, 0.717) is 0 Å². The minimum atomic E-state index is 1.05. The fraction of sp³-hybridized carbons (Fsp3) is 0.